The lowest BCUT2D eigenvalue weighted by Crippen LogP contribution is -1.90. The summed E-state index contributed by atoms with van der Waals surface area (Å²) in [6, 6.07) is 14.0. The molecule has 1 aromatic carbocycles. The smallest absolute Gasteiger partial charge is 0.120 e. The lowest BCUT2D eigenvalue weighted by atomic mass is 10.3. The first-order valence-electron chi connectivity index (χ1n) is 6.56. The van der Waals surface area contributed by atoms with Crippen LogP contribution in [0.5, 0.6) is 5.75 Å². The van der Waals surface area contributed by atoms with Crippen molar-refractivity contribution in [2.45, 2.75) is 18.7 Å². The number of rotatable bonds is 4. The molecule has 0 atom stereocenters. The number of pyridine rings is 1. The topological polar surface area (TPSA) is 22.1 Å². The first kappa shape index (κ1) is 14.5. The Morgan fingerprint density at radius 3 is 2.85 bits per heavy atom. The maximum atomic E-state index is 5.48. The number of thioether (sulfide) groups is 1. The number of aromatic nitrogens is 1. The second-order valence-electron chi connectivity index (χ2n) is 4.16. The van der Waals surface area contributed by atoms with Gasteiger partial charge in [-0.3, -0.25) is 0 Å². The minimum Gasteiger partial charge on any atom is -0.494 e. The summed E-state index contributed by atoms with van der Waals surface area (Å²) in [5, 5.41) is 0. The van der Waals surface area contributed by atoms with Gasteiger partial charge in [0.15, 0.2) is 0 Å². The molecule has 0 fully saturated rings. The lowest BCUT2D eigenvalue weighted by molar-refractivity contribution is 0.339. The minimum atomic E-state index is 0.687. The van der Waals surface area contributed by atoms with E-state index in [1.807, 2.05) is 50.2 Å². The molecule has 0 spiro atoms. The summed E-state index contributed by atoms with van der Waals surface area (Å²) in [6.07, 6.45) is 0. The van der Waals surface area contributed by atoms with E-state index in [4.69, 9.17) is 4.74 Å². The zero-order valence-corrected chi connectivity index (χ0v) is 12.5. The molecule has 0 unspecified atom stereocenters. The van der Waals surface area contributed by atoms with Gasteiger partial charge in [-0.2, -0.15) is 0 Å². The van der Waals surface area contributed by atoms with Gasteiger partial charge in [0.1, 0.15) is 11.4 Å². The van der Waals surface area contributed by atoms with E-state index in [1.54, 1.807) is 11.8 Å². The molecule has 0 aliphatic rings. The maximum absolute atomic E-state index is 5.48. The highest BCUT2D eigenvalue weighted by Gasteiger charge is 1.96. The van der Waals surface area contributed by atoms with Crippen molar-refractivity contribution in [3.8, 4) is 17.6 Å². The Kier molecular flexibility index (Phi) is 5.52. The minimum absolute atomic E-state index is 0.687. The molecule has 2 nitrogen and oxygen atoms in total. The van der Waals surface area contributed by atoms with Gasteiger partial charge in [-0.15, -0.1) is 11.8 Å². The molecule has 20 heavy (non-hydrogen) atoms. The van der Waals surface area contributed by atoms with Gasteiger partial charge in [-0.05, 0) is 50.1 Å². The first-order chi connectivity index (χ1) is 9.78. The average Bonchev–Trinajstić information content (AvgIpc) is 2.45. The van der Waals surface area contributed by atoms with Crippen LogP contribution < -0.4 is 4.74 Å². The predicted octanol–water partition coefficient (Wildman–Crippen LogP) is 3.93. The molecule has 3 heteroatoms. The summed E-state index contributed by atoms with van der Waals surface area (Å²) >= 11 is 1.70. The Bertz CT molecular complexity index is 628. The molecule has 1 heterocycles. The highest BCUT2D eigenvalue weighted by Crippen LogP contribution is 2.22. The number of hydrogen-bond acceptors (Lipinski definition) is 3. The zero-order chi connectivity index (χ0) is 14.2. The van der Waals surface area contributed by atoms with Crippen LogP contribution in [0.1, 0.15) is 18.3 Å². The highest BCUT2D eigenvalue weighted by molar-refractivity contribution is 7.99. The third kappa shape index (κ3) is 4.64. The van der Waals surface area contributed by atoms with E-state index < -0.39 is 0 Å². The second kappa shape index (κ2) is 7.62. The summed E-state index contributed by atoms with van der Waals surface area (Å²) in [4.78, 5) is 5.52. The molecule has 0 aliphatic heterocycles. The maximum Gasteiger partial charge on any atom is 0.120 e. The SMILES string of the molecule is CCOc1cccc(SCC#Cc2cccc(C)n2)c1. The Hall–Kier alpha value is -1.92. The van der Waals surface area contributed by atoms with Crippen LogP contribution in [0.3, 0.4) is 0 Å². The van der Waals surface area contributed by atoms with Crippen LogP contribution in [0.4, 0.5) is 0 Å². The van der Waals surface area contributed by atoms with E-state index in [0.29, 0.717) is 6.61 Å². The normalized spacial score (nSPS) is 9.70. The molecule has 0 N–H and O–H groups in total. The van der Waals surface area contributed by atoms with Crippen molar-refractivity contribution >= 4 is 11.8 Å². The molecule has 0 amide bonds. The van der Waals surface area contributed by atoms with E-state index in [-0.39, 0.29) is 0 Å². The molecule has 0 saturated heterocycles. The standard InChI is InChI=1S/C17H17NOS/c1-3-19-16-10-5-11-17(13-16)20-12-6-9-15-8-4-7-14(2)18-15/h4-5,7-8,10-11,13H,3,12H2,1-2H3. The zero-order valence-electron chi connectivity index (χ0n) is 11.7. The van der Waals surface area contributed by atoms with Crippen molar-refractivity contribution in [3.05, 3.63) is 53.9 Å². The molecule has 102 valence electrons. The van der Waals surface area contributed by atoms with Crippen LogP contribution in [0.15, 0.2) is 47.4 Å². The molecule has 1 aromatic heterocycles. The molecule has 2 rings (SSSR count). The Labute approximate surface area is 124 Å². The van der Waals surface area contributed by atoms with Crippen LogP contribution in [0, 0.1) is 18.8 Å². The fourth-order valence-corrected chi connectivity index (χ4v) is 2.36. The first-order valence-corrected chi connectivity index (χ1v) is 7.54. The Morgan fingerprint density at radius 2 is 2.05 bits per heavy atom. The van der Waals surface area contributed by atoms with E-state index in [0.717, 1.165) is 22.9 Å². The molecule has 2 aromatic rings. The summed E-state index contributed by atoms with van der Waals surface area (Å²) in [7, 11) is 0. The van der Waals surface area contributed by atoms with Crippen molar-refractivity contribution in [2.75, 3.05) is 12.4 Å². The van der Waals surface area contributed by atoms with Crippen LogP contribution >= 0.6 is 11.8 Å². The van der Waals surface area contributed by atoms with Gasteiger partial charge in [0.2, 0.25) is 0 Å². The summed E-state index contributed by atoms with van der Waals surface area (Å²) < 4.78 is 5.48. The third-order valence-corrected chi connectivity index (χ3v) is 3.41. The van der Waals surface area contributed by atoms with Crippen LogP contribution in [0.2, 0.25) is 0 Å². The van der Waals surface area contributed by atoms with Gasteiger partial charge in [0, 0.05) is 10.6 Å². The monoisotopic (exact) mass is 283 g/mol. The van der Waals surface area contributed by atoms with E-state index in [2.05, 4.69) is 22.9 Å². The molecule has 0 radical (unpaired) electrons. The van der Waals surface area contributed by atoms with Crippen molar-refractivity contribution in [2.24, 2.45) is 0 Å². The number of benzene rings is 1. The van der Waals surface area contributed by atoms with E-state index in [1.165, 1.54) is 4.90 Å². The molecule has 0 aliphatic carbocycles. The fourth-order valence-electron chi connectivity index (χ4n) is 1.68. The van der Waals surface area contributed by atoms with E-state index >= 15 is 0 Å². The van der Waals surface area contributed by atoms with Crippen molar-refractivity contribution < 1.29 is 4.74 Å². The fraction of sp³-hybridized carbons (Fsp3) is 0.235. The number of nitrogens with zero attached hydrogens (tertiary/aromatic N) is 1. The van der Waals surface area contributed by atoms with Crippen molar-refractivity contribution in [1.82, 2.24) is 4.98 Å². The number of aryl methyl sites for hydroxylation is 1. The van der Waals surface area contributed by atoms with Gasteiger partial charge in [-0.25, -0.2) is 4.98 Å². The molecule has 0 saturated carbocycles. The van der Waals surface area contributed by atoms with Crippen LogP contribution in [0.25, 0.3) is 0 Å². The average molecular weight is 283 g/mol. The van der Waals surface area contributed by atoms with Gasteiger partial charge in [-0.1, -0.05) is 18.1 Å². The van der Waals surface area contributed by atoms with Gasteiger partial charge in [0.25, 0.3) is 0 Å². The van der Waals surface area contributed by atoms with E-state index in [9.17, 15) is 0 Å². The number of ether oxygens (including phenoxy) is 1. The highest BCUT2D eigenvalue weighted by atomic mass is 32.2. The predicted molar refractivity (Wildman–Crippen MR) is 84.2 cm³/mol. The second-order valence-corrected chi connectivity index (χ2v) is 5.21. The van der Waals surface area contributed by atoms with Gasteiger partial charge < -0.3 is 4.74 Å². The van der Waals surface area contributed by atoms with Crippen LogP contribution in [-0.2, 0) is 0 Å². The van der Waals surface area contributed by atoms with Gasteiger partial charge in [0.05, 0.1) is 12.4 Å². The van der Waals surface area contributed by atoms with Crippen molar-refractivity contribution in [3.63, 3.8) is 0 Å². The Balaban J connectivity index is 1.91. The molecule has 0 bridgehead atoms. The quantitative estimate of drug-likeness (QED) is 0.627. The molecular weight excluding hydrogens is 266 g/mol. The lowest BCUT2D eigenvalue weighted by Gasteiger charge is -2.04. The third-order valence-electron chi connectivity index (χ3n) is 2.53. The summed E-state index contributed by atoms with van der Waals surface area (Å²) in [5.74, 6) is 7.87. The summed E-state index contributed by atoms with van der Waals surface area (Å²) in [6.45, 7) is 4.65. The van der Waals surface area contributed by atoms with Gasteiger partial charge >= 0.3 is 0 Å². The molecular formula is C17H17NOS. The summed E-state index contributed by atoms with van der Waals surface area (Å²) in [5.41, 5.74) is 1.82. The number of hydrogen-bond donors (Lipinski definition) is 0. The van der Waals surface area contributed by atoms with Crippen molar-refractivity contribution in [1.29, 1.82) is 0 Å². The largest absolute Gasteiger partial charge is 0.494 e. The Morgan fingerprint density at radius 1 is 1.20 bits per heavy atom. The van der Waals surface area contributed by atoms with Crippen LogP contribution in [-0.4, -0.2) is 17.3 Å².